The van der Waals surface area contributed by atoms with Crippen molar-refractivity contribution < 1.29 is 19.1 Å². The maximum Gasteiger partial charge on any atom is 0.290 e. The van der Waals surface area contributed by atoms with Gasteiger partial charge in [-0.3, -0.25) is 4.79 Å². The predicted molar refractivity (Wildman–Crippen MR) is 109 cm³/mol. The quantitative estimate of drug-likeness (QED) is 0.600. The molecule has 1 atom stereocenters. The minimum atomic E-state index is -0.431. The van der Waals surface area contributed by atoms with Gasteiger partial charge in [0.15, 0.2) is 5.76 Å². The molecule has 0 radical (unpaired) electrons. The van der Waals surface area contributed by atoms with Crippen LogP contribution in [0.5, 0.6) is 5.75 Å². The number of aliphatic hydroxyl groups is 1. The van der Waals surface area contributed by atoms with Gasteiger partial charge in [0, 0.05) is 10.0 Å². The van der Waals surface area contributed by atoms with Crippen molar-refractivity contribution in [2.45, 2.75) is 12.6 Å². The first-order valence-electron chi connectivity index (χ1n) is 8.75. The first-order chi connectivity index (χ1) is 13.6. The van der Waals surface area contributed by atoms with Gasteiger partial charge in [0.2, 0.25) is 0 Å². The number of benzene rings is 2. The smallest absolute Gasteiger partial charge is 0.290 e. The summed E-state index contributed by atoms with van der Waals surface area (Å²) >= 11 is 3.45. The first kappa shape index (κ1) is 18.4. The molecule has 6 heteroatoms. The van der Waals surface area contributed by atoms with E-state index in [1.165, 1.54) is 0 Å². The molecule has 0 fully saturated rings. The van der Waals surface area contributed by atoms with Crippen LogP contribution < -0.4 is 4.74 Å². The van der Waals surface area contributed by atoms with E-state index in [1.807, 2.05) is 54.6 Å². The zero-order valence-electron chi connectivity index (χ0n) is 15.1. The average molecular weight is 440 g/mol. The fourth-order valence-corrected chi connectivity index (χ4v) is 3.71. The van der Waals surface area contributed by atoms with Gasteiger partial charge >= 0.3 is 0 Å². The van der Waals surface area contributed by atoms with E-state index in [9.17, 15) is 9.90 Å². The number of nitrogens with zero attached hydrogens (tertiary/aromatic N) is 1. The first-order valence-corrected chi connectivity index (χ1v) is 9.54. The molecule has 2 aromatic carbocycles. The lowest BCUT2D eigenvalue weighted by molar-refractivity contribution is -0.130. The van der Waals surface area contributed by atoms with Gasteiger partial charge in [-0.25, -0.2) is 0 Å². The number of amides is 1. The summed E-state index contributed by atoms with van der Waals surface area (Å²) in [4.78, 5) is 14.6. The lowest BCUT2D eigenvalue weighted by Crippen LogP contribution is -2.29. The van der Waals surface area contributed by atoms with Crippen molar-refractivity contribution in [3.05, 3.63) is 94.0 Å². The number of aliphatic hydroxyl groups excluding tert-OH is 1. The van der Waals surface area contributed by atoms with Gasteiger partial charge in [0.05, 0.1) is 26.0 Å². The lowest BCUT2D eigenvalue weighted by Gasteiger charge is -2.26. The fourth-order valence-electron chi connectivity index (χ4n) is 3.44. The van der Waals surface area contributed by atoms with Crippen LogP contribution >= 0.6 is 15.9 Å². The number of halogens is 1. The molecule has 0 saturated heterocycles. The van der Waals surface area contributed by atoms with Gasteiger partial charge in [-0.05, 0) is 47.5 Å². The summed E-state index contributed by atoms with van der Waals surface area (Å²) in [6, 6.07) is 18.2. The minimum absolute atomic E-state index is 0.246. The number of hydrogen-bond donors (Lipinski definition) is 1. The Kier molecular flexibility index (Phi) is 4.96. The molecule has 3 aromatic rings. The third-order valence-electron chi connectivity index (χ3n) is 4.80. The predicted octanol–water partition coefficient (Wildman–Crippen LogP) is 5.10. The van der Waals surface area contributed by atoms with E-state index in [4.69, 9.17) is 9.15 Å². The Morgan fingerprint density at radius 1 is 1.11 bits per heavy atom. The number of carbonyl (C=O) groups excluding carboxylic acids is 1. The number of ether oxygens (including phenoxy) is 1. The van der Waals surface area contributed by atoms with Crippen molar-refractivity contribution >= 4 is 27.4 Å². The Labute approximate surface area is 171 Å². The van der Waals surface area contributed by atoms with Crippen molar-refractivity contribution in [3.8, 4) is 5.75 Å². The van der Waals surface area contributed by atoms with E-state index in [1.54, 1.807) is 24.3 Å². The molecule has 142 valence electrons. The molecule has 1 unspecified atom stereocenters. The molecule has 0 bridgehead atoms. The Morgan fingerprint density at radius 2 is 1.82 bits per heavy atom. The summed E-state index contributed by atoms with van der Waals surface area (Å²) in [6.45, 7) is 0.260. The molecular formula is C22H18BrNO4. The normalized spacial score (nSPS) is 16.7. The molecule has 1 aliphatic rings. The van der Waals surface area contributed by atoms with Gasteiger partial charge in [-0.15, -0.1) is 0 Å². The van der Waals surface area contributed by atoms with Gasteiger partial charge in [0.25, 0.3) is 5.91 Å². The van der Waals surface area contributed by atoms with Crippen molar-refractivity contribution in [2.75, 3.05) is 7.11 Å². The van der Waals surface area contributed by atoms with Crippen LogP contribution in [-0.2, 0) is 11.3 Å². The van der Waals surface area contributed by atoms with Crippen molar-refractivity contribution in [2.24, 2.45) is 0 Å². The molecule has 4 rings (SSSR count). The molecule has 1 aliphatic heterocycles. The Morgan fingerprint density at radius 3 is 2.43 bits per heavy atom. The highest BCUT2D eigenvalue weighted by Crippen LogP contribution is 2.44. The molecular weight excluding hydrogens is 422 g/mol. The van der Waals surface area contributed by atoms with E-state index in [-0.39, 0.29) is 12.3 Å². The van der Waals surface area contributed by atoms with Gasteiger partial charge in [-0.2, -0.15) is 0 Å². The van der Waals surface area contributed by atoms with Crippen LogP contribution in [0.2, 0.25) is 0 Å². The number of rotatable bonds is 5. The second-order valence-electron chi connectivity index (χ2n) is 6.46. The number of methoxy groups -OCH3 is 1. The molecule has 0 aliphatic carbocycles. The van der Waals surface area contributed by atoms with Crippen LogP contribution in [0, 0.1) is 0 Å². The number of furan rings is 1. The molecule has 0 spiro atoms. The summed E-state index contributed by atoms with van der Waals surface area (Å²) in [7, 11) is 1.60. The number of carbonyl (C=O) groups is 1. The topological polar surface area (TPSA) is 62.9 Å². The zero-order chi connectivity index (χ0) is 19.7. The SMILES string of the molecule is COc1ccc(C2=C(O)C(=O)N(Cc3ccco3)C2c2ccc(Br)cc2)cc1. The third-order valence-corrected chi connectivity index (χ3v) is 5.33. The van der Waals surface area contributed by atoms with Crippen LogP contribution in [0.25, 0.3) is 5.57 Å². The van der Waals surface area contributed by atoms with E-state index in [0.29, 0.717) is 17.1 Å². The zero-order valence-corrected chi connectivity index (χ0v) is 16.7. The molecule has 28 heavy (non-hydrogen) atoms. The van der Waals surface area contributed by atoms with Crippen LogP contribution in [0.1, 0.15) is 22.9 Å². The van der Waals surface area contributed by atoms with Crippen molar-refractivity contribution in [1.82, 2.24) is 4.90 Å². The van der Waals surface area contributed by atoms with Gasteiger partial charge < -0.3 is 19.2 Å². The lowest BCUT2D eigenvalue weighted by atomic mass is 9.93. The van der Waals surface area contributed by atoms with Crippen LogP contribution in [0.3, 0.4) is 0 Å². The maximum absolute atomic E-state index is 12.9. The van der Waals surface area contributed by atoms with Crippen LogP contribution in [0.15, 0.2) is 81.6 Å². The highest BCUT2D eigenvalue weighted by molar-refractivity contribution is 9.10. The highest BCUT2D eigenvalue weighted by atomic mass is 79.9. The third kappa shape index (κ3) is 3.31. The van der Waals surface area contributed by atoms with Crippen molar-refractivity contribution in [3.63, 3.8) is 0 Å². The second-order valence-corrected chi connectivity index (χ2v) is 7.37. The second kappa shape index (κ2) is 7.56. The summed E-state index contributed by atoms with van der Waals surface area (Å²) in [5.41, 5.74) is 2.24. The number of hydrogen-bond acceptors (Lipinski definition) is 4. The molecule has 1 aromatic heterocycles. The fraction of sp³-hybridized carbons (Fsp3) is 0.136. The van der Waals surface area contributed by atoms with Gasteiger partial charge in [0.1, 0.15) is 11.5 Å². The van der Waals surface area contributed by atoms with E-state index in [2.05, 4.69) is 15.9 Å². The minimum Gasteiger partial charge on any atom is -0.503 e. The van der Waals surface area contributed by atoms with E-state index in [0.717, 1.165) is 15.6 Å². The molecule has 2 heterocycles. The monoisotopic (exact) mass is 439 g/mol. The van der Waals surface area contributed by atoms with Crippen LogP contribution in [-0.4, -0.2) is 23.0 Å². The molecule has 1 amide bonds. The summed E-state index contributed by atoms with van der Waals surface area (Å²) in [5, 5.41) is 10.7. The average Bonchev–Trinajstić information content (AvgIpc) is 3.31. The largest absolute Gasteiger partial charge is 0.503 e. The standard InChI is InChI=1S/C22H18BrNO4/c1-27-17-10-6-14(7-11-17)19-20(15-4-8-16(23)9-5-15)24(22(26)21(19)25)13-18-3-2-12-28-18/h2-12,20,25H,13H2,1H3. The van der Waals surface area contributed by atoms with Gasteiger partial charge in [-0.1, -0.05) is 40.2 Å². The molecule has 0 saturated carbocycles. The van der Waals surface area contributed by atoms with Crippen molar-refractivity contribution in [1.29, 1.82) is 0 Å². The Balaban J connectivity index is 1.80. The molecule has 5 nitrogen and oxygen atoms in total. The Hall–Kier alpha value is -2.99. The Bertz CT molecular complexity index is 1010. The summed E-state index contributed by atoms with van der Waals surface area (Å²) in [6.07, 6.45) is 1.57. The molecule has 1 N–H and O–H groups in total. The van der Waals surface area contributed by atoms with E-state index >= 15 is 0 Å². The maximum atomic E-state index is 12.9. The van der Waals surface area contributed by atoms with E-state index < -0.39 is 11.9 Å². The van der Waals surface area contributed by atoms with Crippen LogP contribution in [0.4, 0.5) is 0 Å². The highest BCUT2D eigenvalue weighted by Gasteiger charge is 2.41. The summed E-state index contributed by atoms with van der Waals surface area (Å²) in [5.74, 6) is 0.694. The summed E-state index contributed by atoms with van der Waals surface area (Å²) < 4.78 is 11.6.